The molecular formula is C14H22O. The summed E-state index contributed by atoms with van der Waals surface area (Å²) in [6.45, 7) is 4.45. The van der Waals surface area contributed by atoms with Crippen LogP contribution in [0.3, 0.4) is 0 Å². The monoisotopic (exact) mass is 206 g/mol. The molecule has 2 aliphatic carbocycles. The van der Waals surface area contributed by atoms with Crippen molar-refractivity contribution in [3.8, 4) is 0 Å². The van der Waals surface area contributed by atoms with E-state index in [0.717, 1.165) is 18.8 Å². The molecule has 0 N–H and O–H groups in total. The molecule has 0 aliphatic heterocycles. The summed E-state index contributed by atoms with van der Waals surface area (Å²) in [7, 11) is 0. The summed E-state index contributed by atoms with van der Waals surface area (Å²) in [5, 5.41) is 0. The molecule has 2 aliphatic rings. The van der Waals surface area contributed by atoms with Crippen molar-refractivity contribution in [1.29, 1.82) is 0 Å². The standard InChI is InChI=1S/C14H22O/c1-14(2)9-12(8-13(15)10-14)11-6-4-3-5-7-11/h8,11H,3-7,9-10H2,1-2H3. The third-order valence-electron chi connectivity index (χ3n) is 3.81. The van der Waals surface area contributed by atoms with Crippen molar-refractivity contribution in [3.05, 3.63) is 11.6 Å². The Morgan fingerprint density at radius 1 is 1.13 bits per heavy atom. The number of carbonyl (C=O) groups excluding carboxylic acids is 1. The van der Waals surface area contributed by atoms with Crippen molar-refractivity contribution < 1.29 is 4.79 Å². The second-order valence-electron chi connectivity index (χ2n) is 6.04. The Kier molecular flexibility index (Phi) is 2.99. The molecule has 15 heavy (non-hydrogen) atoms. The molecule has 0 radical (unpaired) electrons. The van der Waals surface area contributed by atoms with Crippen LogP contribution in [0.2, 0.25) is 0 Å². The van der Waals surface area contributed by atoms with Crippen molar-refractivity contribution in [3.63, 3.8) is 0 Å². The Morgan fingerprint density at radius 2 is 1.80 bits per heavy atom. The second kappa shape index (κ2) is 4.11. The summed E-state index contributed by atoms with van der Waals surface area (Å²) in [5.74, 6) is 1.08. The van der Waals surface area contributed by atoms with Crippen molar-refractivity contribution in [1.82, 2.24) is 0 Å². The van der Waals surface area contributed by atoms with E-state index in [1.807, 2.05) is 6.08 Å². The van der Waals surface area contributed by atoms with Crippen molar-refractivity contribution >= 4 is 5.78 Å². The first-order valence-corrected chi connectivity index (χ1v) is 6.30. The smallest absolute Gasteiger partial charge is 0.156 e. The SMILES string of the molecule is CC1(C)CC(=O)C=C(C2CCCCC2)C1. The molecule has 1 saturated carbocycles. The quantitative estimate of drug-likeness (QED) is 0.636. The van der Waals surface area contributed by atoms with E-state index in [1.165, 1.54) is 37.7 Å². The van der Waals surface area contributed by atoms with Gasteiger partial charge in [0, 0.05) is 6.42 Å². The van der Waals surface area contributed by atoms with E-state index < -0.39 is 0 Å². The summed E-state index contributed by atoms with van der Waals surface area (Å²) in [4.78, 5) is 11.7. The number of hydrogen-bond acceptors (Lipinski definition) is 1. The maximum absolute atomic E-state index is 11.7. The minimum atomic E-state index is 0.207. The van der Waals surface area contributed by atoms with Crippen LogP contribution >= 0.6 is 0 Å². The molecule has 0 aromatic carbocycles. The highest BCUT2D eigenvalue weighted by Gasteiger charge is 2.30. The molecule has 1 fully saturated rings. The summed E-state index contributed by atoms with van der Waals surface area (Å²) in [5.41, 5.74) is 1.66. The molecule has 1 nitrogen and oxygen atoms in total. The third kappa shape index (κ3) is 2.70. The molecule has 0 aromatic heterocycles. The van der Waals surface area contributed by atoms with Crippen LogP contribution < -0.4 is 0 Å². The van der Waals surface area contributed by atoms with Gasteiger partial charge in [-0.25, -0.2) is 0 Å². The van der Waals surface area contributed by atoms with Crippen LogP contribution in [0.25, 0.3) is 0 Å². The van der Waals surface area contributed by atoms with Gasteiger partial charge in [0.05, 0.1) is 0 Å². The highest BCUT2D eigenvalue weighted by molar-refractivity contribution is 5.91. The Hall–Kier alpha value is -0.590. The zero-order valence-corrected chi connectivity index (χ0v) is 10.0. The fourth-order valence-corrected chi connectivity index (χ4v) is 3.13. The van der Waals surface area contributed by atoms with E-state index in [2.05, 4.69) is 13.8 Å². The molecule has 0 atom stereocenters. The molecule has 0 heterocycles. The molecule has 1 heteroatoms. The van der Waals surface area contributed by atoms with Gasteiger partial charge in [-0.15, -0.1) is 0 Å². The third-order valence-corrected chi connectivity index (χ3v) is 3.81. The van der Waals surface area contributed by atoms with Gasteiger partial charge in [0.1, 0.15) is 0 Å². The Morgan fingerprint density at radius 3 is 2.40 bits per heavy atom. The molecule has 0 aromatic rings. The minimum Gasteiger partial charge on any atom is -0.295 e. The van der Waals surface area contributed by atoms with Crippen LogP contribution in [0.1, 0.15) is 58.8 Å². The first kappa shape index (κ1) is 10.9. The molecule has 2 rings (SSSR count). The lowest BCUT2D eigenvalue weighted by Crippen LogP contribution is -2.25. The van der Waals surface area contributed by atoms with Crippen LogP contribution in [0.15, 0.2) is 11.6 Å². The Labute approximate surface area is 92.9 Å². The maximum Gasteiger partial charge on any atom is 0.156 e. The van der Waals surface area contributed by atoms with Crippen LogP contribution in [-0.2, 0) is 4.79 Å². The van der Waals surface area contributed by atoms with E-state index >= 15 is 0 Å². The van der Waals surface area contributed by atoms with Crippen LogP contribution in [0, 0.1) is 11.3 Å². The largest absolute Gasteiger partial charge is 0.295 e. The molecule has 0 spiro atoms. The van der Waals surface area contributed by atoms with Crippen LogP contribution in [0.4, 0.5) is 0 Å². The molecule has 0 amide bonds. The van der Waals surface area contributed by atoms with Crippen LogP contribution in [0.5, 0.6) is 0 Å². The van der Waals surface area contributed by atoms with Gasteiger partial charge < -0.3 is 0 Å². The predicted molar refractivity (Wildman–Crippen MR) is 62.7 cm³/mol. The van der Waals surface area contributed by atoms with Gasteiger partial charge in [-0.3, -0.25) is 4.79 Å². The first-order valence-electron chi connectivity index (χ1n) is 6.30. The highest BCUT2D eigenvalue weighted by atomic mass is 16.1. The molecule has 0 bridgehead atoms. The number of ketones is 1. The lowest BCUT2D eigenvalue weighted by Gasteiger charge is -2.34. The normalized spacial score (nSPS) is 27.6. The number of allylic oxidation sites excluding steroid dienone is 2. The van der Waals surface area contributed by atoms with E-state index in [-0.39, 0.29) is 5.41 Å². The van der Waals surface area contributed by atoms with Gasteiger partial charge in [-0.1, -0.05) is 38.7 Å². The molecule has 84 valence electrons. The van der Waals surface area contributed by atoms with Crippen molar-refractivity contribution in [2.45, 2.75) is 58.8 Å². The summed E-state index contributed by atoms with van der Waals surface area (Å²) >= 11 is 0. The van der Waals surface area contributed by atoms with Crippen molar-refractivity contribution in [2.24, 2.45) is 11.3 Å². The number of hydrogen-bond donors (Lipinski definition) is 0. The summed E-state index contributed by atoms with van der Waals surface area (Å²) < 4.78 is 0. The van der Waals surface area contributed by atoms with E-state index in [9.17, 15) is 4.79 Å². The Balaban J connectivity index is 2.10. The van der Waals surface area contributed by atoms with Gasteiger partial charge in [-0.05, 0) is 36.7 Å². The summed E-state index contributed by atoms with van der Waals surface area (Å²) in [6, 6.07) is 0. The lowest BCUT2D eigenvalue weighted by molar-refractivity contribution is -0.117. The maximum atomic E-state index is 11.7. The highest BCUT2D eigenvalue weighted by Crippen LogP contribution is 2.40. The van der Waals surface area contributed by atoms with Gasteiger partial charge in [0.25, 0.3) is 0 Å². The Bertz CT molecular complexity index is 280. The van der Waals surface area contributed by atoms with E-state index in [1.54, 1.807) is 0 Å². The first-order chi connectivity index (χ1) is 7.07. The second-order valence-corrected chi connectivity index (χ2v) is 6.04. The summed E-state index contributed by atoms with van der Waals surface area (Å²) in [6.07, 6.45) is 10.6. The van der Waals surface area contributed by atoms with Gasteiger partial charge in [0.15, 0.2) is 5.78 Å². The average molecular weight is 206 g/mol. The van der Waals surface area contributed by atoms with Crippen LogP contribution in [-0.4, -0.2) is 5.78 Å². The van der Waals surface area contributed by atoms with Gasteiger partial charge in [0.2, 0.25) is 0 Å². The van der Waals surface area contributed by atoms with Gasteiger partial charge >= 0.3 is 0 Å². The minimum absolute atomic E-state index is 0.207. The molecule has 0 saturated heterocycles. The van der Waals surface area contributed by atoms with E-state index in [4.69, 9.17) is 0 Å². The average Bonchev–Trinajstić information content (AvgIpc) is 2.16. The van der Waals surface area contributed by atoms with Crippen molar-refractivity contribution in [2.75, 3.05) is 0 Å². The van der Waals surface area contributed by atoms with Gasteiger partial charge in [-0.2, -0.15) is 0 Å². The van der Waals surface area contributed by atoms with E-state index in [0.29, 0.717) is 5.78 Å². The number of rotatable bonds is 1. The number of carbonyl (C=O) groups is 1. The zero-order chi connectivity index (χ0) is 10.9. The predicted octanol–water partition coefficient (Wildman–Crippen LogP) is 3.88. The topological polar surface area (TPSA) is 17.1 Å². The fraction of sp³-hybridized carbons (Fsp3) is 0.786. The zero-order valence-electron chi connectivity index (χ0n) is 10.0. The molecule has 0 unspecified atom stereocenters. The lowest BCUT2D eigenvalue weighted by atomic mass is 9.71. The fourth-order valence-electron chi connectivity index (χ4n) is 3.13. The molecular weight excluding hydrogens is 184 g/mol.